The minimum atomic E-state index is 0.139. The van der Waals surface area contributed by atoms with Gasteiger partial charge in [-0.05, 0) is 55.1 Å². The van der Waals surface area contributed by atoms with E-state index in [1.807, 2.05) is 48.5 Å². The van der Waals surface area contributed by atoms with Crippen molar-refractivity contribution >= 4 is 43.6 Å². The summed E-state index contributed by atoms with van der Waals surface area (Å²) < 4.78 is 7.57. The van der Waals surface area contributed by atoms with E-state index in [0.29, 0.717) is 12.0 Å². The smallest absolute Gasteiger partial charge is 0.195 e. The second-order valence-corrected chi connectivity index (χ2v) is 8.19. The summed E-state index contributed by atoms with van der Waals surface area (Å²) >= 11 is 3.30. The normalized spacial score (nSPS) is 17.7. The van der Waals surface area contributed by atoms with Crippen molar-refractivity contribution in [3.8, 4) is 0 Å². The van der Waals surface area contributed by atoms with Gasteiger partial charge in [0.15, 0.2) is 5.43 Å². The van der Waals surface area contributed by atoms with E-state index in [-0.39, 0.29) is 5.43 Å². The van der Waals surface area contributed by atoms with Gasteiger partial charge in [-0.15, -0.1) is 11.3 Å². The first kappa shape index (κ1) is 17.5. The van der Waals surface area contributed by atoms with Crippen molar-refractivity contribution in [2.75, 3.05) is 5.75 Å². The van der Waals surface area contributed by atoms with Gasteiger partial charge in [0.05, 0.1) is 6.10 Å². The van der Waals surface area contributed by atoms with Crippen molar-refractivity contribution in [1.29, 1.82) is 0 Å². The highest BCUT2D eigenvalue weighted by Crippen LogP contribution is 2.25. The van der Waals surface area contributed by atoms with Gasteiger partial charge in [0.2, 0.25) is 0 Å². The molecule has 1 unspecified atom stereocenters. The third-order valence-electron chi connectivity index (χ3n) is 4.13. The van der Waals surface area contributed by atoms with E-state index in [1.165, 1.54) is 18.6 Å². The molecule has 2 heterocycles. The van der Waals surface area contributed by atoms with Crippen LogP contribution in [0.15, 0.2) is 53.3 Å². The van der Waals surface area contributed by atoms with Gasteiger partial charge in [-0.1, -0.05) is 38.1 Å². The molecule has 1 aromatic heterocycles. The van der Waals surface area contributed by atoms with Crippen molar-refractivity contribution in [1.82, 2.24) is 0 Å². The van der Waals surface area contributed by atoms with Gasteiger partial charge in [0.1, 0.15) is 0 Å². The van der Waals surface area contributed by atoms with Crippen LogP contribution in [0.3, 0.4) is 0 Å². The Morgan fingerprint density at radius 1 is 1.00 bits per heavy atom. The molecule has 4 rings (SSSR count). The Kier molecular flexibility index (Phi) is 5.93. The molecule has 0 radical (unpaired) electrons. The van der Waals surface area contributed by atoms with Gasteiger partial charge in [0.25, 0.3) is 0 Å². The summed E-state index contributed by atoms with van der Waals surface area (Å²) in [7, 11) is 0. The van der Waals surface area contributed by atoms with Crippen LogP contribution < -0.4 is 5.43 Å². The molecule has 0 spiro atoms. The highest BCUT2D eigenvalue weighted by molar-refractivity contribution is 7.94. The molecule has 126 valence electrons. The zero-order valence-corrected chi connectivity index (χ0v) is 15.7. The van der Waals surface area contributed by atoms with Gasteiger partial charge in [-0.2, -0.15) is 0 Å². The largest absolute Gasteiger partial charge is 0.312 e. The fourth-order valence-corrected chi connectivity index (χ4v) is 4.67. The molecular weight excluding hydrogens is 336 g/mol. The van der Waals surface area contributed by atoms with Crippen molar-refractivity contribution in [3.63, 3.8) is 0 Å². The predicted molar refractivity (Wildman–Crippen MR) is 107 cm³/mol. The second kappa shape index (κ2) is 8.15. The summed E-state index contributed by atoms with van der Waals surface area (Å²) in [5.41, 5.74) is 0.139. The van der Waals surface area contributed by atoms with Crippen molar-refractivity contribution < 1.29 is 4.18 Å². The zero-order valence-electron chi connectivity index (χ0n) is 14.0. The van der Waals surface area contributed by atoms with Gasteiger partial charge in [-0.3, -0.25) is 4.79 Å². The zero-order chi connectivity index (χ0) is 16.9. The third kappa shape index (κ3) is 4.00. The lowest BCUT2D eigenvalue weighted by molar-refractivity contribution is 0.161. The summed E-state index contributed by atoms with van der Waals surface area (Å²) in [4.78, 5) is 12.1. The highest BCUT2D eigenvalue weighted by Gasteiger charge is 2.17. The summed E-state index contributed by atoms with van der Waals surface area (Å²) in [5, 5.41) is 1.64. The first-order chi connectivity index (χ1) is 11.7. The fourth-order valence-electron chi connectivity index (χ4n) is 2.72. The molecule has 4 heteroatoms. The van der Waals surface area contributed by atoms with Crippen LogP contribution in [0.25, 0.3) is 20.2 Å². The van der Waals surface area contributed by atoms with Crippen LogP contribution in [0.1, 0.15) is 26.7 Å². The molecule has 0 aliphatic carbocycles. The van der Waals surface area contributed by atoms with Crippen LogP contribution >= 0.6 is 23.4 Å². The average Bonchev–Trinajstić information content (AvgIpc) is 2.63. The maximum Gasteiger partial charge on any atom is 0.195 e. The summed E-state index contributed by atoms with van der Waals surface area (Å²) in [6, 6.07) is 15.5. The Morgan fingerprint density at radius 3 is 2.04 bits per heavy atom. The molecule has 1 saturated heterocycles. The van der Waals surface area contributed by atoms with E-state index in [1.54, 1.807) is 23.4 Å². The Morgan fingerprint density at radius 2 is 1.58 bits per heavy atom. The summed E-state index contributed by atoms with van der Waals surface area (Å²) in [5.74, 6) is 1.88. The second-order valence-electron chi connectivity index (χ2n) is 6.27. The first-order valence-electron chi connectivity index (χ1n) is 8.35. The summed E-state index contributed by atoms with van der Waals surface area (Å²) in [6.07, 6.45) is 3.10. The molecule has 1 atom stereocenters. The lowest BCUT2D eigenvalue weighted by Crippen LogP contribution is -2.20. The fraction of sp³-hybridized carbons (Fsp3) is 0.350. The Labute approximate surface area is 151 Å². The Hall–Kier alpha value is -1.36. The minimum Gasteiger partial charge on any atom is -0.312 e. The molecule has 3 aromatic rings. The van der Waals surface area contributed by atoms with Crippen molar-refractivity contribution in [3.05, 3.63) is 58.8 Å². The van der Waals surface area contributed by atoms with E-state index in [4.69, 9.17) is 4.18 Å². The quantitative estimate of drug-likeness (QED) is 0.401. The lowest BCUT2D eigenvalue weighted by atomic mass is 10.0. The Bertz CT molecular complexity index is 807. The molecule has 0 N–H and O–H groups in total. The molecule has 0 bridgehead atoms. The average molecular weight is 359 g/mol. The molecule has 0 amide bonds. The van der Waals surface area contributed by atoms with E-state index in [0.717, 1.165) is 20.2 Å². The minimum absolute atomic E-state index is 0.139. The van der Waals surface area contributed by atoms with Crippen LogP contribution in [0.2, 0.25) is 0 Å². The van der Waals surface area contributed by atoms with Crippen LogP contribution in [0.4, 0.5) is 0 Å². The standard InChI is InChI=1S/C13H8OS.C7H14OS/c14-13-9-5-1-3-7-11(9)15-12-8-4-2-6-10(12)13;1-6(2)7-4-3-5-9-8-7/h1-8H;6-7H,3-5H2,1-2H3. The molecule has 1 aliphatic heterocycles. The van der Waals surface area contributed by atoms with Gasteiger partial charge < -0.3 is 4.18 Å². The topological polar surface area (TPSA) is 26.3 Å². The van der Waals surface area contributed by atoms with E-state index in [2.05, 4.69) is 13.8 Å². The molecule has 2 nitrogen and oxygen atoms in total. The van der Waals surface area contributed by atoms with Gasteiger partial charge >= 0.3 is 0 Å². The van der Waals surface area contributed by atoms with Crippen LogP contribution in [-0.2, 0) is 4.18 Å². The molecular formula is C20H22O2S2. The van der Waals surface area contributed by atoms with Crippen LogP contribution in [0, 0.1) is 5.92 Å². The predicted octanol–water partition coefficient (Wildman–Crippen LogP) is 5.88. The number of hydrogen-bond acceptors (Lipinski definition) is 4. The number of hydrogen-bond donors (Lipinski definition) is 0. The van der Waals surface area contributed by atoms with Crippen LogP contribution in [0.5, 0.6) is 0 Å². The van der Waals surface area contributed by atoms with E-state index >= 15 is 0 Å². The maximum absolute atomic E-state index is 12.1. The molecule has 1 fully saturated rings. The first-order valence-corrected chi connectivity index (χ1v) is 10.1. The number of benzene rings is 2. The Balaban J connectivity index is 0.000000162. The van der Waals surface area contributed by atoms with Crippen LogP contribution in [-0.4, -0.2) is 11.9 Å². The summed E-state index contributed by atoms with van der Waals surface area (Å²) in [6.45, 7) is 4.44. The van der Waals surface area contributed by atoms with E-state index in [9.17, 15) is 4.79 Å². The van der Waals surface area contributed by atoms with Gasteiger partial charge in [-0.25, -0.2) is 0 Å². The highest BCUT2D eigenvalue weighted by atomic mass is 32.2. The SMILES string of the molecule is CC(C)C1CCCSO1.O=c1c2ccccc2sc2ccccc12. The molecule has 2 aromatic carbocycles. The van der Waals surface area contributed by atoms with E-state index < -0.39 is 0 Å². The van der Waals surface area contributed by atoms with Gasteiger partial charge in [0, 0.05) is 25.9 Å². The lowest BCUT2D eigenvalue weighted by Gasteiger charge is -2.23. The molecule has 24 heavy (non-hydrogen) atoms. The van der Waals surface area contributed by atoms with Crippen molar-refractivity contribution in [2.45, 2.75) is 32.8 Å². The third-order valence-corrected chi connectivity index (χ3v) is 6.13. The maximum atomic E-state index is 12.1. The number of rotatable bonds is 1. The monoisotopic (exact) mass is 358 g/mol. The van der Waals surface area contributed by atoms with Crippen molar-refractivity contribution in [2.24, 2.45) is 5.92 Å². The molecule has 0 saturated carbocycles. The number of fused-ring (bicyclic) bond motifs is 2. The molecule has 1 aliphatic rings.